The number of hydrogen-bond donors (Lipinski definition) is 1. The Morgan fingerprint density at radius 2 is 1.72 bits per heavy atom. The molecule has 1 spiro atoms. The van der Waals surface area contributed by atoms with Crippen LogP contribution in [0.3, 0.4) is 0 Å². The summed E-state index contributed by atoms with van der Waals surface area (Å²) in [5, 5.41) is 2.83. The fraction of sp³-hybridized carbons (Fsp3) is 0.385. The van der Waals surface area contributed by atoms with Crippen molar-refractivity contribution in [2.75, 3.05) is 48.8 Å². The minimum absolute atomic E-state index is 0.0596. The van der Waals surface area contributed by atoms with E-state index in [1.807, 2.05) is 15.9 Å². The molecule has 188 valence electrons. The fourth-order valence-corrected chi connectivity index (χ4v) is 5.70. The van der Waals surface area contributed by atoms with Gasteiger partial charge in [-0.2, -0.15) is 0 Å². The molecule has 2 saturated heterocycles. The third-order valence-corrected chi connectivity index (χ3v) is 7.55. The van der Waals surface area contributed by atoms with Crippen molar-refractivity contribution >= 4 is 40.8 Å². The van der Waals surface area contributed by atoms with Gasteiger partial charge in [-0.15, -0.1) is 0 Å². The zero-order valence-corrected chi connectivity index (χ0v) is 20.5. The van der Waals surface area contributed by atoms with Crippen LogP contribution in [0.1, 0.15) is 18.9 Å². The van der Waals surface area contributed by atoms with Gasteiger partial charge >= 0.3 is 6.03 Å². The van der Waals surface area contributed by atoms with E-state index < -0.39 is 29.3 Å². The topological polar surface area (TPSA) is 93.3 Å². The molecule has 0 radical (unpaired) electrons. The molecule has 1 atom stereocenters. The molecule has 10 heteroatoms. The molecule has 9 nitrogen and oxygen atoms in total. The van der Waals surface area contributed by atoms with Gasteiger partial charge in [0.1, 0.15) is 5.82 Å². The second-order valence-corrected chi connectivity index (χ2v) is 9.51. The van der Waals surface area contributed by atoms with Gasteiger partial charge in [-0.1, -0.05) is 19.1 Å². The number of imide groups is 2. The zero-order valence-electron chi connectivity index (χ0n) is 20.5. The maximum Gasteiger partial charge on any atom is 0.332 e. The molecule has 5 amide bonds. The Kier molecular flexibility index (Phi) is 5.69. The van der Waals surface area contributed by atoms with Crippen LogP contribution in [0.25, 0.3) is 0 Å². The van der Waals surface area contributed by atoms with Crippen LogP contribution in [-0.2, 0) is 20.8 Å². The van der Waals surface area contributed by atoms with Crippen molar-refractivity contribution in [1.29, 1.82) is 0 Å². The number of benzene rings is 2. The summed E-state index contributed by atoms with van der Waals surface area (Å²) in [6.07, 6.45) is 0.375. The van der Waals surface area contributed by atoms with E-state index in [-0.39, 0.29) is 24.7 Å². The number of carbonyl (C=O) groups is 4. The molecular formula is C26H28FN5O4. The molecule has 2 aromatic carbocycles. The molecule has 3 heterocycles. The van der Waals surface area contributed by atoms with Gasteiger partial charge in [0.2, 0.25) is 17.7 Å². The number of halogens is 1. The Morgan fingerprint density at radius 1 is 1.03 bits per heavy atom. The molecule has 0 unspecified atom stereocenters. The lowest BCUT2D eigenvalue weighted by Crippen LogP contribution is -2.74. The van der Waals surface area contributed by atoms with Crippen molar-refractivity contribution in [2.45, 2.75) is 25.8 Å². The highest BCUT2D eigenvalue weighted by Crippen LogP contribution is 2.47. The molecule has 36 heavy (non-hydrogen) atoms. The predicted octanol–water partition coefficient (Wildman–Crippen LogP) is 2.46. The van der Waals surface area contributed by atoms with E-state index in [2.05, 4.69) is 5.32 Å². The summed E-state index contributed by atoms with van der Waals surface area (Å²) in [5.74, 6) is -1.67. The Balaban J connectivity index is 1.63. The minimum Gasteiger partial charge on any atom is -0.365 e. The number of hydrogen-bond acceptors (Lipinski definition) is 6. The summed E-state index contributed by atoms with van der Waals surface area (Å²) in [7, 11) is 2.76. The number of carbonyl (C=O) groups excluding carboxylic acids is 4. The summed E-state index contributed by atoms with van der Waals surface area (Å²) in [4.78, 5) is 58.1. The van der Waals surface area contributed by atoms with Crippen molar-refractivity contribution in [3.63, 3.8) is 0 Å². The van der Waals surface area contributed by atoms with Gasteiger partial charge in [0, 0.05) is 51.5 Å². The first kappa shape index (κ1) is 23.8. The van der Waals surface area contributed by atoms with Gasteiger partial charge < -0.3 is 15.1 Å². The number of amides is 5. The SMILES string of the molecule is CCC(=O)Nc1ccc2c(c1)CC1(C(=O)N(C)C(=O)N(C)C1=O)[C@H]1CN(c3ccccc3F)CCN21. The van der Waals surface area contributed by atoms with Gasteiger partial charge in [0.25, 0.3) is 0 Å². The van der Waals surface area contributed by atoms with Gasteiger partial charge in [0.15, 0.2) is 5.41 Å². The molecule has 0 saturated carbocycles. The van der Waals surface area contributed by atoms with Crippen LogP contribution in [-0.4, -0.2) is 73.3 Å². The van der Waals surface area contributed by atoms with Crippen molar-refractivity contribution in [3.05, 3.63) is 53.8 Å². The molecule has 0 aliphatic carbocycles. The van der Waals surface area contributed by atoms with E-state index >= 15 is 0 Å². The monoisotopic (exact) mass is 493 g/mol. The maximum absolute atomic E-state index is 14.7. The Bertz CT molecular complexity index is 1260. The van der Waals surface area contributed by atoms with Gasteiger partial charge in [-0.25, -0.2) is 9.18 Å². The summed E-state index contributed by atoms with van der Waals surface area (Å²) >= 11 is 0. The molecule has 2 aromatic rings. The smallest absolute Gasteiger partial charge is 0.332 e. The van der Waals surface area contributed by atoms with E-state index in [0.29, 0.717) is 30.9 Å². The maximum atomic E-state index is 14.7. The third-order valence-electron chi connectivity index (χ3n) is 7.55. The van der Waals surface area contributed by atoms with Crippen molar-refractivity contribution < 1.29 is 23.6 Å². The fourth-order valence-electron chi connectivity index (χ4n) is 5.70. The largest absolute Gasteiger partial charge is 0.365 e. The van der Waals surface area contributed by atoms with Crippen molar-refractivity contribution in [2.24, 2.45) is 5.41 Å². The molecule has 0 aromatic heterocycles. The standard InChI is InChI=1S/C26H28FN5O4/c1-4-22(33)28-17-9-10-19-16(13-17)14-26(23(34)29(2)25(36)30(3)24(26)35)21-15-31(11-12-32(19)21)20-8-6-5-7-18(20)27/h5-10,13,21H,4,11-12,14-15H2,1-3H3,(H,28,33)/t21-/m1/s1. The van der Waals surface area contributed by atoms with Crippen LogP contribution in [0.15, 0.2) is 42.5 Å². The normalized spacial score (nSPS) is 21.0. The first-order valence-electron chi connectivity index (χ1n) is 12.0. The number of nitrogens with zero attached hydrogens (tertiary/aromatic N) is 4. The molecular weight excluding hydrogens is 465 g/mol. The van der Waals surface area contributed by atoms with E-state index in [0.717, 1.165) is 21.1 Å². The highest BCUT2D eigenvalue weighted by atomic mass is 19.1. The van der Waals surface area contributed by atoms with Crippen LogP contribution >= 0.6 is 0 Å². The Labute approximate surface area is 208 Å². The molecule has 1 N–H and O–H groups in total. The molecule has 3 aliphatic heterocycles. The molecule has 2 fully saturated rings. The summed E-state index contributed by atoms with van der Waals surface area (Å²) < 4.78 is 14.7. The molecule has 5 rings (SSSR count). The van der Waals surface area contributed by atoms with E-state index in [4.69, 9.17) is 0 Å². The van der Waals surface area contributed by atoms with Crippen LogP contribution in [0.2, 0.25) is 0 Å². The van der Waals surface area contributed by atoms with Crippen molar-refractivity contribution in [3.8, 4) is 0 Å². The third kappa shape index (κ3) is 3.42. The number of fused-ring (bicyclic) bond motifs is 4. The zero-order chi connectivity index (χ0) is 25.8. The van der Waals surface area contributed by atoms with Gasteiger partial charge in [-0.3, -0.25) is 24.2 Å². The lowest BCUT2D eigenvalue weighted by Gasteiger charge is -2.56. The Hall–Kier alpha value is -3.95. The number of anilines is 3. The minimum atomic E-state index is -1.58. The summed E-state index contributed by atoms with van der Waals surface area (Å²) in [5.41, 5.74) is 0.993. The number of piperazine rings is 1. The van der Waals surface area contributed by atoms with E-state index in [9.17, 15) is 23.6 Å². The van der Waals surface area contributed by atoms with E-state index in [1.54, 1.807) is 37.3 Å². The predicted molar refractivity (Wildman–Crippen MR) is 132 cm³/mol. The number of rotatable bonds is 3. The van der Waals surface area contributed by atoms with Crippen molar-refractivity contribution in [1.82, 2.24) is 9.80 Å². The molecule has 3 aliphatic rings. The van der Waals surface area contributed by atoms with Crippen LogP contribution in [0, 0.1) is 11.2 Å². The number of urea groups is 1. The number of nitrogens with one attached hydrogen (secondary N) is 1. The number of barbiturate groups is 1. The summed E-state index contributed by atoms with van der Waals surface area (Å²) in [6, 6.07) is 10.6. The van der Waals surface area contributed by atoms with E-state index in [1.165, 1.54) is 20.2 Å². The quantitative estimate of drug-likeness (QED) is 0.661. The average molecular weight is 494 g/mol. The highest BCUT2D eigenvalue weighted by Gasteiger charge is 2.64. The lowest BCUT2D eigenvalue weighted by molar-refractivity contribution is -0.159. The first-order chi connectivity index (χ1) is 17.2. The average Bonchev–Trinajstić information content (AvgIpc) is 2.89. The van der Waals surface area contributed by atoms with Gasteiger partial charge in [-0.05, 0) is 42.3 Å². The summed E-state index contributed by atoms with van der Waals surface area (Å²) in [6.45, 7) is 2.90. The van der Waals surface area contributed by atoms with Crippen LogP contribution in [0.4, 0.5) is 26.2 Å². The van der Waals surface area contributed by atoms with Gasteiger partial charge in [0.05, 0.1) is 11.7 Å². The Morgan fingerprint density at radius 3 is 2.39 bits per heavy atom. The molecule has 0 bridgehead atoms. The second-order valence-electron chi connectivity index (χ2n) is 9.51. The number of para-hydroxylation sites is 1. The lowest BCUT2D eigenvalue weighted by atomic mass is 9.67. The van der Waals surface area contributed by atoms with Crippen LogP contribution in [0.5, 0.6) is 0 Å². The highest BCUT2D eigenvalue weighted by molar-refractivity contribution is 6.20. The van der Waals surface area contributed by atoms with Crippen LogP contribution < -0.4 is 15.1 Å². The second kappa shape index (κ2) is 8.61. The first-order valence-corrected chi connectivity index (χ1v) is 12.0.